The number of aromatic amines is 1. The zero-order valence-corrected chi connectivity index (χ0v) is 11.8. The Morgan fingerprint density at radius 2 is 2.10 bits per heavy atom. The minimum absolute atomic E-state index is 0.0628. The highest BCUT2D eigenvalue weighted by molar-refractivity contribution is 9.10. The second kappa shape index (κ2) is 4.02. The standard InChI is InChI=1S/C14H9BrFN3O/c15-10-4-9-8-3-6-1-2-17-14(20)7(6)5-11(8)18-13(9)19-12(10)16/h3-5H,1-2H2,(H,17,20)(H,18,19). The second-order valence-corrected chi connectivity index (χ2v) is 5.70. The molecule has 0 aliphatic carbocycles. The van der Waals surface area contributed by atoms with E-state index in [-0.39, 0.29) is 5.91 Å². The number of H-pyrrole nitrogens is 1. The average molecular weight is 334 g/mol. The van der Waals surface area contributed by atoms with Gasteiger partial charge in [-0.3, -0.25) is 4.79 Å². The number of fused-ring (bicyclic) bond motifs is 4. The van der Waals surface area contributed by atoms with Gasteiger partial charge in [-0.1, -0.05) is 0 Å². The SMILES string of the molecule is O=C1NCCc2cc3c(cc21)[nH]c1nc(F)c(Br)cc13. The zero-order chi connectivity index (χ0) is 13.9. The van der Waals surface area contributed by atoms with Crippen LogP contribution in [-0.2, 0) is 6.42 Å². The number of benzene rings is 1. The van der Waals surface area contributed by atoms with Gasteiger partial charge in [-0.05, 0) is 46.1 Å². The normalized spacial score (nSPS) is 14.6. The van der Waals surface area contributed by atoms with Crippen molar-refractivity contribution < 1.29 is 9.18 Å². The molecule has 6 heteroatoms. The van der Waals surface area contributed by atoms with Crippen molar-refractivity contribution in [3.63, 3.8) is 0 Å². The van der Waals surface area contributed by atoms with Crippen LogP contribution in [0.25, 0.3) is 21.9 Å². The number of carbonyl (C=O) groups is 1. The monoisotopic (exact) mass is 333 g/mol. The van der Waals surface area contributed by atoms with E-state index in [4.69, 9.17) is 0 Å². The molecule has 0 saturated carbocycles. The molecule has 0 fully saturated rings. The molecular weight excluding hydrogens is 325 g/mol. The van der Waals surface area contributed by atoms with Gasteiger partial charge in [0.05, 0.1) is 4.47 Å². The van der Waals surface area contributed by atoms with Crippen LogP contribution in [0, 0.1) is 5.95 Å². The number of pyridine rings is 1. The lowest BCUT2D eigenvalue weighted by Gasteiger charge is -2.16. The average Bonchev–Trinajstić information content (AvgIpc) is 2.75. The molecule has 3 heterocycles. The van der Waals surface area contributed by atoms with Gasteiger partial charge in [-0.2, -0.15) is 4.39 Å². The van der Waals surface area contributed by atoms with E-state index in [2.05, 4.69) is 31.2 Å². The van der Waals surface area contributed by atoms with Gasteiger partial charge in [-0.25, -0.2) is 4.98 Å². The van der Waals surface area contributed by atoms with Crippen LogP contribution in [0.4, 0.5) is 4.39 Å². The molecule has 2 aromatic heterocycles. The lowest BCUT2D eigenvalue weighted by atomic mass is 9.98. The van der Waals surface area contributed by atoms with Crippen molar-refractivity contribution >= 4 is 43.8 Å². The third kappa shape index (κ3) is 1.57. The lowest BCUT2D eigenvalue weighted by Crippen LogP contribution is -2.31. The molecule has 20 heavy (non-hydrogen) atoms. The van der Waals surface area contributed by atoms with Crippen molar-refractivity contribution in [2.45, 2.75) is 6.42 Å². The molecule has 0 bridgehead atoms. The summed E-state index contributed by atoms with van der Waals surface area (Å²) in [6.45, 7) is 0.649. The smallest absolute Gasteiger partial charge is 0.251 e. The van der Waals surface area contributed by atoms with Crippen molar-refractivity contribution in [3.05, 3.63) is 39.7 Å². The molecule has 0 radical (unpaired) electrons. The summed E-state index contributed by atoms with van der Waals surface area (Å²) in [7, 11) is 0. The highest BCUT2D eigenvalue weighted by atomic mass is 79.9. The van der Waals surface area contributed by atoms with E-state index in [0.717, 1.165) is 28.3 Å². The summed E-state index contributed by atoms with van der Waals surface area (Å²) in [6.07, 6.45) is 0.805. The Hall–Kier alpha value is -1.95. The number of nitrogens with zero attached hydrogens (tertiary/aromatic N) is 1. The van der Waals surface area contributed by atoms with Crippen LogP contribution in [0.3, 0.4) is 0 Å². The Labute approximate surface area is 121 Å². The van der Waals surface area contributed by atoms with Gasteiger partial charge in [-0.15, -0.1) is 0 Å². The first kappa shape index (κ1) is 11.8. The van der Waals surface area contributed by atoms with Crippen molar-refractivity contribution in [1.29, 1.82) is 0 Å². The summed E-state index contributed by atoms with van der Waals surface area (Å²) >= 11 is 3.16. The van der Waals surface area contributed by atoms with Crippen LogP contribution in [0.2, 0.25) is 0 Å². The van der Waals surface area contributed by atoms with Crippen LogP contribution in [0.1, 0.15) is 15.9 Å². The van der Waals surface area contributed by atoms with Crippen molar-refractivity contribution in [1.82, 2.24) is 15.3 Å². The minimum atomic E-state index is -0.549. The summed E-state index contributed by atoms with van der Waals surface area (Å²) in [4.78, 5) is 18.8. The number of hydrogen-bond acceptors (Lipinski definition) is 2. The molecule has 100 valence electrons. The van der Waals surface area contributed by atoms with Crippen molar-refractivity contribution in [3.8, 4) is 0 Å². The van der Waals surface area contributed by atoms with Crippen molar-refractivity contribution in [2.24, 2.45) is 0 Å². The maximum atomic E-state index is 13.5. The molecule has 1 aliphatic rings. The molecule has 4 nitrogen and oxygen atoms in total. The largest absolute Gasteiger partial charge is 0.352 e. The van der Waals surface area contributed by atoms with Gasteiger partial charge in [0.2, 0.25) is 5.95 Å². The molecular formula is C14H9BrFN3O. The summed E-state index contributed by atoms with van der Waals surface area (Å²) in [5.74, 6) is -0.612. The fraction of sp³-hybridized carbons (Fsp3) is 0.143. The molecule has 3 aromatic rings. The maximum Gasteiger partial charge on any atom is 0.251 e. The van der Waals surface area contributed by atoms with Gasteiger partial charge >= 0.3 is 0 Å². The van der Waals surface area contributed by atoms with Gasteiger partial charge < -0.3 is 10.3 Å². The minimum Gasteiger partial charge on any atom is -0.352 e. The Morgan fingerprint density at radius 3 is 2.95 bits per heavy atom. The van der Waals surface area contributed by atoms with E-state index in [1.807, 2.05) is 12.1 Å². The number of amides is 1. The summed E-state index contributed by atoms with van der Waals surface area (Å²) in [5, 5.41) is 4.63. The third-order valence-electron chi connectivity index (χ3n) is 3.64. The topological polar surface area (TPSA) is 57.8 Å². The Kier molecular flexibility index (Phi) is 2.38. The first-order valence-corrected chi connectivity index (χ1v) is 7.01. The first-order valence-electron chi connectivity index (χ1n) is 6.22. The van der Waals surface area contributed by atoms with Gasteiger partial charge in [0, 0.05) is 28.4 Å². The van der Waals surface area contributed by atoms with Crippen molar-refractivity contribution in [2.75, 3.05) is 6.54 Å². The Bertz CT molecular complexity index is 887. The van der Waals surface area contributed by atoms with Crippen LogP contribution in [0.15, 0.2) is 22.7 Å². The van der Waals surface area contributed by atoms with Crippen LogP contribution >= 0.6 is 15.9 Å². The first-order chi connectivity index (χ1) is 9.63. The molecule has 0 atom stereocenters. The Morgan fingerprint density at radius 1 is 1.25 bits per heavy atom. The van der Waals surface area contributed by atoms with E-state index in [0.29, 0.717) is 22.2 Å². The molecule has 2 N–H and O–H groups in total. The van der Waals surface area contributed by atoms with Crippen LogP contribution in [0.5, 0.6) is 0 Å². The molecule has 0 saturated heterocycles. The molecule has 4 rings (SSSR count). The number of nitrogens with one attached hydrogen (secondary N) is 2. The highest BCUT2D eigenvalue weighted by Gasteiger charge is 2.19. The lowest BCUT2D eigenvalue weighted by molar-refractivity contribution is 0.0946. The van der Waals surface area contributed by atoms with Gasteiger partial charge in [0.25, 0.3) is 5.91 Å². The van der Waals surface area contributed by atoms with Crippen LogP contribution in [-0.4, -0.2) is 22.4 Å². The highest BCUT2D eigenvalue weighted by Crippen LogP contribution is 2.30. The van der Waals surface area contributed by atoms with Crippen LogP contribution < -0.4 is 5.32 Å². The third-order valence-corrected chi connectivity index (χ3v) is 4.20. The summed E-state index contributed by atoms with van der Waals surface area (Å²) < 4.78 is 13.8. The van der Waals surface area contributed by atoms with E-state index in [1.54, 1.807) is 6.07 Å². The van der Waals surface area contributed by atoms with Gasteiger partial charge in [0.1, 0.15) is 5.65 Å². The Balaban J connectivity index is 2.10. The number of rotatable bonds is 0. The molecule has 1 amide bonds. The fourth-order valence-corrected chi connectivity index (χ4v) is 3.01. The molecule has 1 aliphatic heterocycles. The number of carbonyl (C=O) groups excluding carboxylic acids is 1. The van der Waals surface area contributed by atoms with E-state index in [9.17, 15) is 9.18 Å². The number of aromatic nitrogens is 2. The second-order valence-electron chi connectivity index (χ2n) is 4.84. The van der Waals surface area contributed by atoms with Gasteiger partial charge in [0.15, 0.2) is 0 Å². The predicted molar refractivity (Wildman–Crippen MR) is 77.3 cm³/mol. The predicted octanol–water partition coefficient (Wildman–Crippen LogP) is 2.90. The fourth-order valence-electron chi connectivity index (χ4n) is 2.69. The molecule has 0 unspecified atom stereocenters. The molecule has 1 aromatic carbocycles. The number of hydrogen-bond donors (Lipinski definition) is 2. The summed E-state index contributed by atoms with van der Waals surface area (Å²) in [6, 6.07) is 5.52. The number of halogens is 2. The van der Waals surface area contributed by atoms with E-state index >= 15 is 0 Å². The van der Waals surface area contributed by atoms with E-state index < -0.39 is 5.95 Å². The van der Waals surface area contributed by atoms with E-state index in [1.165, 1.54) is 0 Å². The zero-order valence-electron chi connectivity index (χ0n) is 10.3. The quantitative estimate of drug-likeness (QED) is 0.621. The summed E-state index contributed by atoms with van der Waals surface area (Å²) in [5.41, 5.74) is 2.97. The maximum absolute atomic E-state index is 13.5. The molecule has 0 spiro atoms.